The third kappa shape index (κ3) is 9.18. The van der Waals surface area contributed by atoms with Crippen LogP contribution in [0.15, 0.2) is 48.5 Å². The topological polar surface area (TPSA) is 212 Å². The summed E-state index contributed by atoms with van der Waals surface area (Å²) in [5, 5.41) is 8.04. The lowest BCUT2D eigenvalue weighted by atomic mass is 9.67. The van der Waals surface area contributed by atoms with Gasteiger partial charge in [0.1, 0.15) is 12.6 Å². The van der Waals surface area contributed by atoms with Gasteiger partial charge in [-0.25, -0.2) is 9.59 Å². The number of carbonyl (C=O) groups excluding carboxylic acids is 5. The van der Waals surface area contributed by atoms with Gasteiger partial charge >= 0.3 is 18.2 Å². The van der Waals surface area contributed by atoms with E-state index in [9.17, 15) is 24.0 Å². The molecule has 4 atom stereocenters. The molecule has 3 aromatic rings. The molecule has 1 saturated heterocycles. The average Bonchev–Trinajstić information content (AvgIpc) is 3.78. The number of carbonyl (C=O) groups is 5. The van der Waals surface area contributed by atoms with Crippen molar-refractivity contribution in [2.24, 2.45) is 23.5 Å². The summed E-state index contributed by atoms with van der Waals surface area (Å²) >= 11 is 0. The summed E-state index contributed by atoms with van der Waals surface area (Å²) in [6.45, 7) is 4.33. The van der Waals surface area contributed by atoms with Crippen LogP contribution in [0.1, 0.15) is 61.3 Å². The van der Waals surface area contributed by atoms with Gasteiger partial charge in [0.05, 0.1) is 26.7 Å². The van der Waals surface area contributed by atoms with Crippen LogP contribution in [-0.2, 0) is 36.9 Å². The fourth-order valence-corrected chi connectivity index (χ4v) is 7.26. The number of urea groups is 1. The number of primary amides is 1. The fourth-order valence-electron chi connectivity index (χ4n) is 7.26. The van der Waals surface area contributed by atoms with Crippen molar-refractivity contribution in [3.63, 3.8) is 0 Å². The maximum atomic E-state index is 13.1. The molecule has 3 aliphatic rings. The first-order chi connectivity index (χ1) is 26.9. The quantitative estimate of drug-likeness (QED) is 0.0952. The number of ether oxygens (including phenoxy) is 7. The second-order valence-electron chi connectivity index (χ2n) is 14.2. The van der Waals surface area contributed by atoms with Gasteiger partial charge in [-0.2, -0.15) is 0 Å². The molecule has 2 heterocycles. The molecule has 4 amide bonds. The lowest BCUT2D eigenvalue weighted by molar-refractivity contribution is -0.141. The minimum Gasteiger partial charge on any atom is -0.493 e. The van der Waals surface area contributed by atoms with Crippen molar-refractivity contribution >= 4 is 35.7 Å². The van der Waals surface area contributed by atoms with Crippen molar-refractivity contribution in [1.82, 2.24) is 10.6 Å². The highest BCUT2D eigenvalue weighted by Gasteiger charge is 2.48. The molecule has 16 nitrogen and oxygen atoms in total. The van der Waals surface area contributed by atoms with E-state index in [1.165, 1.54) is 14.2 Å². The molecule has 16 heteroatoms. The van der Waals surface area contributed by atoms with E-state index in [1.807, 2.05) is 26.0 Å². The SMILES string of the molecule is COc1cc([C@@H]2c3cc4c(cc3C[C@H]3COC(=O)[C@@H]32)OCO4)cc(OC)c1OC(=O)OCc1ccc(NC(=O)[C@H](CCCNC(N)=O)NC(=O)CC(C)C)cc1. The van der Waals surface area contributed by atoms with E-state index in [0.717, 1.165) is 11.1 Å². The lowest BCUT2D eigenvalue weighted by Gasteiger charge is -2.34. The minimum absolute atomic E-state index is 0.00507. The predicted octanol–water partition coefficient (Wildman–Crippen LogP) is 4.54. The molecule has 0 aromatic heterocycles. The van der Waals surface area contributed by atoms with Gasteiger partial charge in [0.2, 0.25) is 24.4 Å². The Balaban J connectivity index is 1.11. The zero-order valence-electron chi connectivity index (χ0n) is 31.6. The molecule has 3 aromatic carbocycles. The number of nitrogens with two attached hydrogens (primary N) is 1. The number of benzene rings is 3. The van der Waals surface area contributed by atoms with Crippen molar-refractivity contribution in [2.45, 2.75) is 58.1 Å². The summed E-state index contributed by atoms with van der Waals surface area (Å²) in [7, 11) is 2.86. The summed E-state index contributed by atoms with van der Waals surface area (Å²) in [5.74, 6) is -0.168. The number of hydrogen-bond acceptors (Lipinski definition) is 12. The summed E-state index contributed by atoms with van der Waals surface area (Å²) in [5.41, 5.74) is 8.81. The lowest BCUT2D eigenvalue weighted by Crippen LogP contribution is -2.44. The number of anilines is 1. The van der Waals surface area contributed by atoms with Crippen molar-refractivity contribution in [3.8, 4) is 28.7 Å². The van der Waals surface area contributed by atoms with Gasteiger partial charge in [-0.05, 0) is 83.8 Å². The van der Waals surface area contributed by atoms with Gasteiger partial charge in [0.15, 0.2) is 23.0 Å². The highest BCUT2D eigenvalue weighted by atomic mass is 16.7. The fraction of sp³-hybridized carbons (Fsp3) is 0.425. The van der Waals surface area contributed by atoms with Crippen LogP contribution in [0.4, 0.5) is 15.3 Å². The number of esters is 1. The van der Waals surface area contributed by atoms with E-state index in [2.05, 4.69) is 16.0 Å². The van der Waals surface area contributed by atoms with E-state index in [1.54, 1.807) is 36.4 Å². The molecule has 0 bridgehead atoms. The Morgan fingerprint density at radius 2 is 1.64 bits per heavy atom. The van der Waals surface area contributed by atoms with Gasteiger partial charge < -0.3 is 54.8 Å². The third-order valence-electron chi connectivity index (χ3n) is 9.85. The summed E-state index contributed by atoms with van der Waals surface area (Å²) in [4.78, 5) is 62.7. The number of amides is 4. The number of fused-ring (bicyclic) bond motifs is 3. The van der Waals surface area contributed by atoms with Crippen LogP contribution in [0.3, 0.4) is 0 Å². The highest BCUT2D eigenvalue weighted by molar-refractivity contribution is 5.97. The Morgan fingerprint density at radius 1 is 0.946 bits per heavy atom. The monoisotopic (exact) mass is 774 g/mol. The van der Waals surface area contributed by atoms with E-state index in [0.29, 0.717) is 47.8 Å². The number of hydrogen-bond donors (Lipinski definition) is 4. The summed E-state index contributed by atoms with van der Waals surface area (Å²) in [6, 6.07) is 12.4. The number of methoxy groups -OCH3 is 2. The first-order valence-electron chi connectivity index (χ1n) is 18.4. The van der Waals surface area contributed by atoms with Crippen LogP contribution in [-0.4, -0.2) is 70.2 Å². The normalized spacial score (nSPS) is 18.2. The molecule has 0 saturated carbocycles. The van der Waals surface area contributed by atoms with E-state index < -0.39 is 36.0 Å². The third-order valence-corrected chi connectivity index (χ3v) is 9.85. The Kier molecular flexibility index (Phi) is 12.4. The van der Waals surface area contributed by atoms with Crippen LogP contribution in [0.5, 0.6) is 28.7 Å². The largest absolute Gasteiger partial charge is 0.514 e. The number of rotatable bonds is 15. The first-order valence-corrected chi connectivity index (χ1v) is 18.4. The molecule has 298 valence electrons. The van der Waals surface area contributed by atoms with Crippen molar-refractivity contribution in [1.29, 1.82) is 0 Å². The van der Waals surface area contributed by atoms with Gasteiger partial charge in [0.25, 0.3) is 0 Å². The number of cyclic esters (lactones) is 1. The standard InChI is InChI=1S/C40H46N4O12/c1-21(2)12-33(45)44-28(6-5-11-42-39(41)48)37(46)43-26-9-7-22(8-10-26)18-53-40(49)56-36-31(50-3)15-24(16-32(36)51-4)34-27-17-30-29(54-20-55-30)14-23(27)13-25-19-52-38(47)35(25)34/h7-10,14-17,21,25,28,34-35H,5-6,11-13,18-20H2,1-4H3,(H,43,46)(H,44,45)(H3,41,42,48)/t25-,28-,34+,35-/m0/s1. The molecule has 1 aliphatic carbocycles. The van der Waals surface area contributed by atoms with E-state index >= 15 is 0 Å². The van der Waals surface area contributed by atoms with Gasteiger partial charge in [-0.3, -0.25) is 14.4 Å². The molecule has 0 radical (unpaired) electrons. The summed E-state index contributed by atoms with van der Waals surface area (Å²) in [6.07, 6.45) is 0.576. The molecule has 0 unspecified atom stereocenters. The molecular formula is C40H46N4O12. The number of nitrogens with one attached hydrogen (secondary N) is 3. The highest BCUT2D eigenvalue weighted by Crippen LogP contribution is 2.52. The Morgan fingerprint density at radius 3 is 2.30 bits per heavy atom. The first kappa shape index (κ1) is 39.5. The predicted molar refractivity (Wildman–Crippen MR) is 200 cm³/mol. The Hall–Kier alpha value is -6.19. The second-order valence-corrected chi connectivity index (χ2v) is 14.2. The molecule has 2 aliphatic heterocycles. The summed E-state index contributed by atoms with van der Waals surface area (Å²) < 4.78 is 39.2. The smallest absolute Gasteiger partial charge is 0.493 e. The maximum absolute atomic E-state index is 13.1. The molecule has 0 spiro atoms. The van der Waals surface area contributed by atoms with Gasteiger partial charge in [-0.15, -0.1) is 0 Å². The van der Waals surface area contributed by atoms with Crippen molar-refractivity contribution in [2.75, 3.05) is 39.5 Å². The molecule has 1 fully saturated rings. The van der Waals surface area contributed by atoms with Crippen LogP contribution in [0.25, 0.3) is 0 Å². The maximum Gasteiger partial charge on any atom is 0.514 e. The van der Waals surface area contributed by atoms with Crippen LogP contribution in [0.2, 0.25) is 0 Å². The van der Waals surface area contributed by atoms with Crippen molar-refractivity contribution < 1.29 is 57.1 Å². The van der Waals surface area contributed by atoms with Crippen molar-refractivity contribution in [3.05, 3.63) is 70.8 Å². The Labute approximate surface area is 323 Å². The van der Waals surface area contributed by atoms with Crippen LogP contribution < -0.4 is 45.4 Å². The molecular weight excluding hydrogens is 728 g/mol. The Bertz CT molecular complexity index is 1940. The zero-order valence-corrected chi connectivity index (χ0v) is 31.6. The molecule has 56 heavy (non-hydrogen) atoms. The zero-order chi connectivity index (χ0) is 39.9. The second kappa shape index (κ2) is 17.5. The van der Waals surface area contributed by atoms with E-state index in [-0.39, 0.29) is 73.7 Å². The molecule has 5 N–H and O–H groups in total. The van der Waals surface area contributed by atoms with Crippen LogP contribution in [0, 0.1) is 17.8 Å². The minimum atomic E-state index is -1.02. The average molecular weight is 775 g/mol. The van der Waals surface area contributed by atoms with Gasteiger partial charge in [-0.1, -0.05) is 26.0 Å². The van der Waals surface area contributed by atoms with Crippen LogP contribution >= 0.6 is 0 Å². The molecule has 6 rings (SSSR count). The van der Waals surface area contributed by atoms with Gasteiger partial charge in [0, 0.05) is 30.5 Å². The van der Waals surface area contributed by atoms with E-state index in [4.69, 9.17) is 38.9 Å².